The quantitative estimate of drug-likeness (QED) is 0.137. The fourth-order valence-corrected chi connectivity index (χ4v) is 2.57. The highest BCUT2D eigenvalue weighted by molar-refractivity contribution is 6.28. The minimum absolute atomic E-state index is 0.0408. The van der Waals surface area contributed by atoms with Gasteiger partial charge in [-0.05, 0) is 77.2 Å². The molecule has 0 saturated carbocycles. The molecule has 0 aliphatic carbocycles. The highest BCUT2D eigenvalue weighted by Crippen LogP contribution is 2.32. The van der Waals surface area contributed by atoms with Crippen LogP contribution in [0.2, 0.25) is 6.32 Å². The van der Waals surface area contributed by atoms with Gasteiger partial charge in [-0.3, -0.25) is 4.79 Å². The van der Waals surface area contributed by atoms with E-state index >= 15 is 0 Å². The molecule has 0 unspecified atom stereocenters. The summed E-state index contributed by atoms with van der Waals surface area (Å²) in [5.41, 5.74) is -3.40. The van der Waals surface area contributed by atoms with Crippen molar-refractivity contribution in [1.29, 1.82) is 0 Å². The van der Waals surface area contributed by atoms with E-state index in [0.717, 1.165) is 0 Å². The van der Waals surface area contributed by atoms with Gasteiger partial charge in [0, 0.05) is 5.57 Å². The lowest BCUT2D eigenvalue weighted by Crippen LogP contribution is -2.47. The first-order valence-corrected chi connectivity index (χ1v) is 10.5. The van der Waals surface area contributed by atoms with Crippen LogP contribution in [-0.4, -0.2) is 36.4 Å². The molecule has 0 heterocycles. The second-order valence-corrected chi connectivity index (χ2v) is 8.67. The van der Waals surface area contributed by atoms with Gasteiger partial charge in [0.25, 0.3) is 13.4 Å². The second kappa shape index (κ2) is 11.8. The maximum atomic E-state index is 14.1. The fraction of sp³-hybridized carbons (Fsp3) is 0.458. The number of carbonyl (C=O) groups is 1. The lowest BCUT2D eigenvalue weighted by atomic mass is 9.85. The van der Waals surface area contributed by atoms with Crippen molar-refractivity contribution in [2.45, 2.75) is 65.2 Å². The average molecular weight is 486 g/mol. The first-order valence-electron chi connectivity index (χ1n) is 10.5. The summed E-state index contributed by atoms with van der Waals surface area (Å²) >= 11 is 0. The Morgan fingerprint density at radius 2 is 1.82 bits per heavy atom. The van der Waals surface area contributed by atoms with E-state index < -0.39 is 47.0 Å². The van der Waals surface area contributed by atoms with E-state index in [4.69, 9.17) is 4.65 Å². The van der Waals surface area contributed by atoms with E-state index in [2.05, 4.69) is 5.32 Å². The molecule has 2 N–H and O–H groups in total. The predicted molar refractivity (Wildman–Crippen MR) is 124 cm³/mol. The zero-order valence-corrected chi connectivity index (χ0v) is 20.1. The lowest BCUT2D eigenvalue weighted by Gasteiger charge is -2.37. The van der Waals surface area contributed by atoms with Gasteiger partial charge in [-0.1, -0.05) is 18.2 Å². The van der Waals surface area contributed by atoms with E-state index in [0.29, 0.717) is 18.2 Å². The molecule has 187 valence electrons. The molecule has 1 aromatic rings. The van der Waals surface area contributed by atoms with Gasteiger partial charge < -0.3 is 15.1 Å². The van der Waals surface area contributed by atoms with E-state index in [1.807, 2.05) is 0 Å². The highest BCUT2D eigenvalue weighted by Gasteiger charge is 2.35. The van der Waals surface area contributed by atoms with Gasteiger partial charge in [0.1, 0.15) is 12.5 Å². The zero-order valence-electron chi connectivity index (χ0n) is 20.1. The molecule has 1 amide bonds. The third-order valence-corrected chi connectivity index (χ3v) is 5.39. The van der Waals surface area contributed by atoms with Crippen LogP contribution in [0.3, 0.4) is 0 Å². The number of aliphatic hydroxyl groups is 1. The number of hydrogen-bond donors (Lipinski definition) is 2. The summed E-state index contributed by atoms with van der Waals surface area (Å²) in [7, 11) is 1.45. The molecule has 0 atom stereocenters. The van der Waals surface area contributed by atoms with Crippen LogP contribution in [0.1, 0.15) is 47.1 Å². The molecule has 0 saturated heterocycles. The van der Waals surface area contributed by atoms with Gasteiger partial charge in [0.05, 0.1) is 22.5 Å². The molecular weight excluding hydrogens is 456 g/mol. The molecule has 10 heteroatoms. The number of anilines is 1. The molecule has 1 radical (unpaired) electrons. The first kappa shape index (κ1) is 29.6. The number of nitrogens with one attached hydrogen (secondary N) is 1. The van der Waals surface area contributed by atoms with E-state index in [9.17, 15) is 31.9 Å². The molecule has 1 aromatic carbocycles. The number of halogens is 5. The molecule has 0 bridgehead atoms. The largest absolute Gasteiger partial charge is 0.433 e. The summed E-state index contributed by atoms with van der Waals surface area (Å²) in [6.07, 6.45) is -0.0335. The number of benzene rings is 1. The van der Waals surface area contributed by atoms with Crippen LogP contribution in [0.5, 0.6) is 0 Å². The Balaban J connectivity index is 3.06. The maximum Gasteiger partial charge on any atom is 0.416 e. The van der Waals surface area contributed by atoms with Gasteiger partial charge in [0.15, 0.2) is 0 Å². The van der Waals surface area contributed by atoms with Crippen LogP contribution >= 0.6 is 0 Å². The van der Waals surface area contributed by atoms with Gasteiger partial charge in [-0.25, -0.2) is 8.78 Å². The Bertz CT molecular complexity index is 960. The number of amides is 1. The van der Waals surface area contributed by atoms with Gasteiger partial charge in [0.2, 0.25) is 0 Å². The van der Waals surface area contributed by atoms with Gasteiger partial charge >= 0.3 is 6.18 Å². The molecule has 0 spiro atoms. The summed E-state index contributed by atoms with van der Waals surface area (Å²) in [6.45, 7) is 8.70. The average Bonchev–Trinajstić information content (AvgIpc) is 2.72. The number of rotatable bonds is 10. The van der Waals surface area contributed by atoms with E-state index in [1.54, 1.807) is 33.8 Å². The smallest absolute Gasteiger partial charge is 0.416 e. The monoisotopic (exact) mass is 486 g/mol. The van der Waals surface area contributed by atoms with Crippen molar-refractivity contribution in [2.24, 2.45) is 0 Å². The van der Waals surface area contributed by atoms with Crippen molar-refractivity contribution in [2.75, 3.05) is 12.0 Å². The zero-order chi connectivity index (χ0) is 26.3. The Labute approximate surface area is 197 Å². The van der Waals surface area contributed by atoms with Crippen molar-refractivity contribution in [3.05, 3.63) is 64.5 Å². The minimum atomic E-state index is -4.71. The van der Waals surface area contributed by atoms with Crippen LogP contribution in [0.15, 0.2) is 53.1 Å². The molecule has 0 aliphatic rings. The van der Waals surface area contributed by atoms with Crippen molar-refractivity contribution >= 4 is 19.1 Å². The normalized spacial score (nSPS) is 14.3. The van der Waals surface area contributed by atoms with Crippen LogP contribution in [-0.2, 0) is 15.6 Å². The molecular formula is C24H30BF5NO3. The summed E-state index contributed by atoms with van der Waals surface area (Å²) in [5.74, 6) is -1.93. The summed E-state index contributed by atoms with van der Waals surface area (Å²) < 4.78 is 71.9. The number of carbonyl (C=O) groups excluding carboxylic acids is 1. The fourth-order valence-electron chi connectivity index (χ4n) is 2.57. The highest BCUT2D eigenvalue weighted by atomic mass is 19.4. The Morgan fingerprint density at radius 1 is 1.21 bits per heavy atom. The Kier molecular flexibility index (Phi) is 10.3. The van der Waals surface area contributed by atoms with Gasteiger partial charge in [-0.2, -0.15) is 13.2 Å². The molecule has 34 heavy (non-hydrogen) atoms. The van der Waals surface area contributed by atoms with Crippen molar-refractivity contribution in [3.63, 3.8) is 0 Å². The van der Waals surface area contributed by atoms with Crippen LogP contribution in [0, 0.1) is 5.82 Å². The number of hydrogen-bond acceptors (Lipinski definition) is 3. The Morgan fingerprint density at radius 3 is 2.32 bits per heavy atom. The van der Waals surface area contributed by atoms with Crippen LogP contribution in [0.4, 0.5) is 27.6 Å². The Hall–Kier alpha value is -2.46. The second-order valence-electron chi connectivity index (χ2n) is 8.67. The topological polar surface area (TPSA) is 58.6 Å². The third kappa shape index (κ3) is 8.09. The molecule has 0 aliphatic heterocycles. The van der Waals surface area contributed by atoms with Crippen molar-refractivity contribution in [3.8, 4) is 0 Å². The van der Waals surface area contributed by atoms with Gasteiger partial charge in [-0.15, -0.1) is 0 Å². The summed E-state index contributed by atoms with van der Waals surface area (Å²) in [5, 5.41) is 12.2. The number of allylic oxidation sites excluding steroid dienone is 4. The minimum Gasteiger partial charge on any atom is -0.433 e. The summed E-state index contributed by atoms with van der Waals surface area (Å²) in [6, 6.07) is 1.68. The van der Waals surface area contributed by atoms with Crippen molar-refractivity contribution in [1.82, 2.24) is 0 Å². The SMILES string of the molecule is C\C=C(C(=O)Nc1cc(C(F)(F)F)ccc1F)/C(/C=C\C[B]OC(C)(C)C(C)(C)O)=C(\C)CF. The molecule has 4 nitrogen and oxygen atoms in total. The molecule has 0 aromatic heterocycles. The summed E-state index contributed by atoms with van der Waals surface area (Å²) in [4.78, 5) is 12.8. The van der Waals surface area contributed by atoms with E-state index in [-0.39, 0.29) is 23.0 Å². The standard InChI is InChI=1S/C24H30BF5NO3/c1-7-17(21(32)31-20-13-16(24(28,29)30)10-11-19(20)27)18(15(2)14-26)9-8-12-25-34-23(5,6)22(3,4)33/h7-11,13,33H,12,14H2,1-6H3,(H,31,32)/b9-8-,17-7+,18-15+. The molecule has 1 rings (SSSR count). The van der Waals surface area contributed by atoms with E-state index in [1.165, 1.54) is 33.5 Å². The third-order valence-electron chi connectivity index (χ3n) is 5.39. The number of alkyl halides is 4. The maximum absolute atomic E-state index is 14.1. The predicted octanol–water partition coefficient (Wildman–Crippen LogP) is 6.18. The first-order chi connectivity index (χ1) is 15.5. The van der Waals surface area contributed by atoms with Crippen molar-refractivity contribution < 1.29 is 36.5 Å². The van der Waals surface area contributed by atoms with Crippen LogP contribution < -0.4 is 5.32 Å². The lowest BCUT2D eigenvalue weighted by molar-refractivity contribution is -0.137. The molecule has 0 fully saturated rings. The van der Waals surface area contributed by atoms with Crippen LogP contribution in [0.25, 0.3) is 0 Å².